The van der Waals surface area contributed by atoms with Crippen molar-refractivity contribution in [2.24, 2.45) is 9.98 Å². The maximum Gasteiger partial charge on any atom is 0.0948 e. The predicted molar refractivity (Wildman–Crippen MR) is 125 cm³/mol. The Morgan fingerprint density at radius 2 is 1.04 bits per heavy atom. The highest BCUT2D eigenvalue weighted by atomic mass is 14.8. The fourth-order valence-electron chi connectivity index (χ4n) is 3.50. The molecule has 1 aromatic carbocycles. The van der Waals surface area contributed by atoms with Crippen molar-refractivity contribution in [3.63, 3.8) is 0 Å². The van der Waals surface area contributed by atoms with Gasteiger partial charge in [0.15, 0.2) is 0 Å². The summed E-state index contributed by atoms with van der Waals surface area (Å²) in [7, 11) is 0. The number of unbranched alkanes of at least 4 members (excludes halogenated alkanes) is 15. The third-order valence-corrected chi connectivity index (χ3v) is 5.41. The monoisotopic (exact) mass is 384 g/mol. The van der Waals surface area contributed by atoms with Crippen molar-refractivity contribution in [2.75, 3.05) is 6.54 Å². The Hall–Kier alpha value is -1.40. The van der Waals surface area contributed by atoms with E-state index in [0.717, 1.165) is 18.7 Å². The first kappa shape index (κ1) is 24.6. The largest absolute Gasteiger partial charge is 0.225 e. The zero-order valence-electron chi connectivity index (χ0n) is 18.7. The molecule has 0 aromatic heterocycles. The van der Waals surface area contributed by atoms with Crippen LogP contribution in [0.15, 0.2) is 34.3 Å². The van der Waals surface area contributed by atoms with E-state index in [1.165, 1.54) is 102 Å². The summed E-state index contributed by atoms with van der Waals surface area (Å²) in [5.74, 6) is 0. The number of rotatable bonds is 18. The molecule has 2 nitrogen and oxygen atoms in total. The Bertz CT molecular complexity index is 512. The van der Waals surface area contributed by atoms with Gasteiger partial charge < -0.3 is 0 Å². The van der Waals surface area contributed by atoms with Gasteiger partial charge in [-0.1, -0.05) is 121 Å². The summed E-state index contributed by atoms with van der Waals surface area (Å²) in [6, 6.07) is 11.0. The van der Waals surface area contributed by atoms with E-state index in [4.69, 9.17) is 0 Å². The van der Waals surface area contributed by atoms with Crippen LogP contribution in [0.3, 0.4) is 0 Å². The third-order valence-electron chi connectivity index (χ3n) is 5.41. The van der Waals surface area contributed by atoms with Crippen LogP contribution in [0.1, 0.15) is 115 Å². The number of nitrogens with zero attached hydrogens (tertiary/aromatic N) is 2. The Balaban J connectivity index is 1.79. The van der Waals surface area contributed by atoms with Crippen LogP contribution in [-0.2, 0) is 0 Å². The van der Waals surface area contributed by atoms with E-state index in [1.54, 1.807) is 0 Å². The molecule has 0 N–H and O–H groups in total. The summed E-state index contributed by atoms with van der Waals surface area (Å²) in [6.45, 7) is 5.23. The molecule has 0 amide bonds. The standard InChI is InChI=1S/C26H44N2/c1-3-4-5-6-7-8-9-10-11-12-13-14-15-16-17-18-23-27-24-28-26-21-19-25(2)20-22-26/h19-22H,3-18,23H2,1-2H3. The Morgan fingerprint density at radius 1 is 0.607 bits per heavy atom. The van der Waals surface area contributed by atoms with Crippen molar-refractivity contribution in [3.05, 3.63) is 29.8 Å². The average Bonchev–Trinajstić information content (AvgIpc) is 2.71. The van der Waals surface area contributed by atoms with Crippen molar-refractivity contribution in [2.45, 2.75) is 117 Å². The first-order valence-corrected chi connectivity index (χ1v) is 12.0. The first-order chi connectivity index (χ1) is 13.8. The van der Waals surface area contributed by atoms with Gasteiger partial charge in [0.2, 0.25) is 0 Å². The van der Waals surface area contributed by atoms with E-state index >= 15 is 0 Å². The van der Waals surface area contributed by atoms with Crippen LogP contribution in [0.2, 0.25) is 0 Å². The Kier molecular flexibility index (Phi) is 16.7. The fraction of sp³-hybridized carbons (Fsp3) is 0.731. The minimum absolute atomic E-state index is 0.855. The van der Waals surface area contributed by atoms with Gasteiger partial charge in [0.05, 0.1) is 11.7 Å². The second-order valence-electron chi connectivity index (χ2n) is 8.23. The van der Waals surface area contributed by atoms with Crippen molar-refractivity contribution in [1.29, 1.82) is 0 Å². The van der Waals surface area contributed by atoms with Gasteiger partial charge in [-0.05, 0) is 25.5 Å². The molecule has 2 heteroatoms. The van der Waals surface area contributed by atoms with Crippen LogP contribution in [0.4, 0.5) is 5.69 Å². The lowest BCUT2D eigenvalue weighted by molar-refractivity contribution is 0.530. The first-order valence-electron chi connectivity index (χ1n) is 12.0. The molecule has 0 aliphatic heterocycles. The molecule has 0 bridgehead atoms. The molecule has 28 heavy (non-hydrogen) atoms. The molecular formula is C26H44N2. The summed E-state index contributed by atoms with van der Waals surface area (Å²) < 4.78 is 0. The van der Waals surface area contributed by atoms with E-state index in [1.807, 2.05) is 12.1 Å². The molecule has 0 radical (unpaired) electrons. The number of aliphatic imine (C=N–C) groups is 2. The van der Waals surface area contributed by atoms with Gasteiger partial charge in [-0.2, -0.15) is 4.99 Å². The third kappa shape index (κ3) is 15.6. The van der Waals surface area contributed by atoms with Crippen molar-refractivity contribution in [3.8, 4) is 0 Å². The number of hydrogen-bond acceptors (Lipinski definition) is 2. The van der Waals surface area contributed by atoms with Crippen LogP contribution >= 0.6 is 0 Å². The molecule has 0 aliphatic carbocycles. The lowest BCUT2D eigenvalue weighted by Crippen LogP contribution is -1.84. The highest BCUT2D eigenvalue weighted by molar-refractivity contribution is 5.52. The van der Waals surface area contributed by atoms with Gasteiger partial charge in [0.1, 0.15) is 0 Å². The van der Waals surface area contributed by atoms with Gasteiger partial charge >= 0.3 is 0 Å². The summed E-state index contributed by atoms with van der Waals surface area (Å²) in [4.78, 5) is 8.52. The average molecular weight is 385 g/mol. The second-order valence-corrected chi connectivity index (χ2v) is 8.23. The van der Waals surface area contributed by atoms with E-state index in [2.05, 4.69) is 42.0 Å². The molecule has 0 heterocycles. The van der Waals surface area contributed by atoms with E-state index < -0.39 is 0 Å². The minimum atomic E-state index is 0.855. The van der Waals surface area contributed by atoms with Gasteiger partial charge in [-0.3, -0.25) is 0 Å². The zero-order valence-corrected chi connectivity index (χ0v) is 18.7. The number of hydrogen-bond donors (Lipinski definition) is 0. The van der Waals surface area contributed by atoms with Crippen LogP contribution < -0.4 is 0 Å². The molecule has 1 aromatic rings. The lowest BCUT2D eigenvalue weighted by atomic mass is 10.0. The topological polar surface area (TPSA) is 24.7 Å². The van der Waals surface area contributed by atoms with Gasteiger partial charge in [0.25, 0.3) is 0 Å². The summed E-state index contributed by atoms with van der Waals surface area (Å²) >= 11 is 0. The van der Waals surface area contributed by atoms with Crippen LogP contribution in [0.5, 0.6) is 0 Å². The fourth-order valence-corrected chi connectivity index (χ4v) is 3.50. The van der Waals surface area contributed by atoms with Gasteiger partial charge in [-0.25, -0.2) is 4.99 Å². The van der Waals surface area contributed by atoms with E-state index in [0.29, 0.717) is 0 Å². The zero-order chi connectivity index (χ0) is 20.1. The smallest absolute Gasteiger partial charge is 0.0948 e. The van der Waals surface area contributed by atoms with E-state index in [9.17, 15) is 0 Å². The predicted octanol–water partition coefficient (Wildman–Crippen LogP) is 9.06. The Labute approximate surface area is 175 Å². The van der Waals surface area contributed by atoms with Gasteiger partial charge in [0, 0.05) is 6.54 Å². The Morgan fingerprint density at radius 3 is 1.50 bits per heavy atom. The lowest BCUT2D eigenvalue weighted by Gasteiger charge is -2.03. The van der Waals surface area contributed by atoms with Crippen molar-refractivity contribution < 1.29 is 0 Å². The highest BCUT2D eigenvalue weighted by Crippen LogP contribution is 2.14. The SMILES string of the molecule is CCCCCCCCCCCCCCCCCCN=C=Nc1ccc(C)cc1. The molecule has 0 saturated carbocycles. The number of aryl methyl sites for hydroxylation is 1. The van der Waals surface area contributed by atoms with Crippen LogP contribution in [0, 0.1) is 6.92 Å². The van der Waals surface area contributed by atoms with Crippen molar-refractivity contribution in [1.82, 2.24) is 0 Å². The van der Waals surface area contributed by atoms with Gasteiger partial charge in [-0.15, -0.1) is 0 Å². The normalized spacial score (nSPS) is 10.6. The molecule has 0 saturated heterocycles. The second kappa shape index (κ2) is 18.9. The highest BCUT2D eigenvalue weighted by Gasteiger charge is 1.94. The molecule has 0 spiro atoms. The van der Waals surface area contributed by atoms with Crippen LogP contribution in [0.25, 0.3) is 0 Å². The maximum atomic E-state index is 4.28. The number of benzene rings is 1. The summed E-state index contributed by atoms with van der Waals surface area (Å²) in [5, 5.41) is 0. The molecular weight excluding hydrogens is 340 g/mol. The quantitative estimate of drug-likeness (QED) is 0.178. The molecule has 0 aliphatic rings. The molecule has 0 unspecified atom stereocenters. The molecule has 0 fully saturated rings. The minimum Gasteiger partial charge on any atom is -0.225 e. The van der Waals surface area contributed by atoms with Crippen molar-refractivity contribution >= 4 is 11.7 Å². The van der Waals surface area contributed by atoms with E-state index in [-0.39, 0.29) is 0 Å². The van der Waals surface area contributed by atoms with Crippen LogP contribution in [-0.4, -0.2) is 12.6 Å². The molecule has 1 rings (SSSR count). The molecule has 158 valence electrons. The molecule has 0 atom stereocenters. The summed E-state index contributed by atoms with van der Waals surface area (Å²) in [5.41, 5.74) is 2.19. The summed E-state index contributed by atoms with van der Waals surface area (Å²) in [6.07, 6.45) is 22.4. The maximum absolute atomic E-state index is 4.28.